The van der Waals surface area contributed by atoms with Gasteiger partial charge in [0.1, 0.15) is 34.5 Å². The molecule has 1 saturated heterocycles. The minimum Gasteiger partial charge on any atom is -0.328 e. The van der Waals surface area contributed by atoms with Gasteiger partial charge in [-0.3, -0.25) is 24.0 Å². The van der Waals surface area contributed by atoms with Gasteiger partial charge in [0.25, 0.3) is 0 Å². The lowest BCUT2D eigenvalue weighted by atomic mass is 10.1. The van der Waals surface area contributed by atoms with Crippen molar-refractivity contribution in [1.29, 1.82) is 0 Å². The third kappa shape index (κ3) is 4.66. The Labute approximate surface area is 238 Å². The summed E-state index contributed by atoms with van der Waals surface area (Å²) >= 11 is 3.35. The zero-order valence-corrected chi connectivity index (χ0v) is 24.1. The Morgan fingerprint density at radius 2 is 1.85 bits per heavy atom. The smallest absolute Gasteiger partial charge is 0.248 e. The number of rotatable bonds is 6. The highest BCUT2D eigenvalue weighted by atomic mass is 79.9. The first-order chi connectivity index (χ1) is 19.1. The van der Waals surface area contributed by atoms with E-state index in [1.807, 2.05) is 26.0 Å². The molecule has 4 aromatic rings. The van der Waals surface area contributed by atoms with Crippen LogP contribution in [0, 0.1) is 32.6 Å². The SMILES string of the molecule is CC(=O)c1nn(CC(=O)N2CC3CC3C2C(=O)Nc2nc(Br)ccc2C)c2c(C)nc(-c3cnc(C)nc3)cc12. The Morgan fingerprint density at radius 3 is 2.58 bits per heavy atom. The number of aryl methyl sites for hydroxylation is 3. The maximum Gasteiger partial charge on any atom is 0.248 e. The van der Waals surface area contributed by atoms with Gasteiger partial charge in [0, 0.05) is 36.8 Å². The second-order valence-corrected chi connectivity index (χ2v) is 11.3. The van der Waals surface area contributed by atoms with E-state index in [1.165, 1.54) is 11.6 Å². The summed E-state index contributed by atoms with van der Waals surface area (Å²) in [5, 5.41) is 8.06. The van der Waals surface area contributed by atoms with Crippen LogP contribution in [0.4, 0.5) is 5.82 Å². The average Bonchev–Trinajstić information content (AvgIpc) is 3.40. The number of pyridine rings is 2. The molecule has 4 aromatic heterocycles. The predicted octanol–water partition coefficient (Wildman–Crippen LogP) is 3.66. The van der Waals surface area contributed by atoms with Crippen molar-refractivity contribution in [3.8, 4) is 11.3 Å². The molecule has 0 radical (unpaired) electrons. The lowest BCUT2D eigenvalue weighted by Gasteiger charge is -2.27. The van der Waals surface area contributed by atoms with E-state index >= 15 is 0 Å². The number of nitrogens with one attached hydrogen (secondary N) is 1. The van der Waals surface area contributed by atoms with Crippen LogP contribution in [-0.2, 0) is 16.1 Å². The second kappa shape index (κ2) is 9.84. The van der Waals surface area contributed by atoms with E-state index in [-0.39, 0.29) is 35.8 Å². The molecule has 40 heavy (non-hydrogen) atoms. The highest BCUT2D eigenvalue weighted by molar-refractivity contribution is 9.10. The number of fused-ring (bicyclic) bond motifs is 2. The van der Waals surface area contributed by atoms with Gasteiger partial charge in [0.05, 0.1) is 16.9 Å². The number of piperidine rings is 1. The van der Waals surface area contributed by atoms with Crippen LogP contribution in [0.25, 0.3) is 22.2 Å². The number of carbonyl (C=O) groups is 3. The zero-order valence-electron chi connectivity index (χ0n) is 22.5. The van der Waals surface area contributed by atoms with Crippen molar-refractivity contribution in [2.75, 3.05) is 11.9 Å². The van der Waals surface area contributed by atoms with E-state index in [4.69, 9.17) is 4.98 Å². The van der Waals surface area contributed by atoms with E-state index in [1.54, 1.807) is 30.3 Å². The number of anilines is 1. The Bertz CT molecular complexity index is 1700. The summed E-state index contributed by atoms with van der Waals surface area (Å²) in [6.45, 7) is 7.34. The lowest BCUT2D eigenvalue weighted by molar-refractivity contribution is -0.138. The summed E-state index contributed by atoms with van der Waals surface area (Å²) in [6, 6.07) is 4.88. The predicted molar refractivity (Wildman–Crippen MR) is 150 cm³/mol. The standard InChI is InChI=1S/C28H27BrN8O3/c1-13-5-6-22(29)33-27(13)34-28(40)26-19-7-17(19)11-36(26)23(39)12-37-25-14(2)32-21(18-9-30-16(4)31-10-18)8-20(25)24(35-37)15(3)38/h5-6,8-10,17,19,26H,7,11-12H2,1-4H3,(H,33,34,40). The van der Waals surface area contributed by atoms with E-state index in [0.717, 1.165) is 12.0 Å². The zero-order chi connectivity index (χ0) is 28.3. The van der Waals surface area contributed by atoms with Crippen LogP contribution in [0.1, 0.15) is 40.9 Å². The number of hydrogen-bond acceptors (Lipinski definition) is 8. The van der Waals surface area contributed by atoms with E-state index in [9.17, 15) is 14.4 Å². The van der Waals surface area contributed by atoms with Crippen molar-refractivity contribution in [3.05, 3.63) is 58.0 Å². The Balaban J connectivity index is 1.30. The molecule has 3 unspecified atom stereocenters. The summed E-state index contributed by atoms with van der Waals surface area (Å²) in [7, 11) is 0. The van der Waals surface area contributed by atoms with Crippen LogP contribution in [0.15, 0.2) is 35.2 Å². The van der Waals surface area contributed by atoms with E-state index < -0.39 is 6.04 Å². The van der Waals surface area contributed by atoms with Gasteiger partial charge in [-0.1, -0.05) is 6.07 Å². The van der Waals surface area contributed by atoms with E-state index in [2.05, 4.69) is 41.3 Å². The van der Waals surface area contributed by atoms with Crippen LogP contribution >= 0.6 is 15.9 Å². The number of aromatic nitrogens is 6. The second-order valence-electron chi connectivity index (χ2n) is 10.5. The summed E-state index contributed by atoms with van der Waals surface area (Å²) in [6.07, 6.45) is 4.29. The van der Waals surface area contributed by atoms with Crippen LogP contribution in [0.5, 0.6) is 0 Å². The average molecular weight is 603 g/mol. The summed E-state index contributed by atoms with van der Waals surface area (Å²) in [5.74, 6) is 0.848. The monoisotopic (exact) mass is 602 g/mol. The third-order valence-electron chi connectivity index (χ3n) is 7.64. The first-order valence-electron chi connectivity index (χ1n) is 13.0. The molecule has 1 saturated carbocycles. The number of likely N-dealkylation sites (tertiary alicyclic amines) is 1. The molecule has 0 bridgehead atoms. The van der Waals surface area contributed by atoms with Crippen molar-refractivity contribution >= 4 is 50.2 Å². The molecule has 11 nitrogen and oxygen atoms in total. The normalized spacial score (nSPS) is 19.5. The molecule has 3 atom stereocenters. The van der Waals surface area contributed by atoms with E-state index in [0.29, 0.717) is 56.6 Å². The highest BCUT2D eigenvalue weighted by Gasteiger charge is 2.56. The van der Waals surface area contributed by atoms with Crippen LogP contribution in [-0.4, -0.2) is 64.8 Å². The molecule has 6 rings (SSSR count). The van der Waals surface area contributed by atoms with Gasteiger partial charge >= 0.3 is 0 Å². The molecule has 2 amide bonds. The highest BCUT2D eigenvalue weighted by Crippen LogP contribution is 2.50. The molecular formula is C28H27BrN8O3. The molecule has 0 spiro atoms. The van der Waals surface area contributed by atoms with Crippen LogP contribution in [0.2, 0.25) is 0 Å². The number of amides is 2. The fourth-order valence-electron chi connectivity index (χ4n) is 5.54. The van der Waals surface area contributed by atoms with Crippen molar-refractivity contribution in [3.63, 3.8) is 0 Å². The van der Waals surface area contributed by atoms with Crippen LogP contribution in [0.3, 0.4) is 0 Å². The van der Waals surface area contributed by atoms with Crippen molar-refractivity contribution in [1.82, 2.24) is 34.6 Å². The van der Waals surface area contributed by atoms with Gasteiger partial charge in [0.15, 0.2) is 5.78 Å². The maximum atomic E-state index is 13.7. The Hall–Kier alpha value is -4.06. The molecule has 2 aliphatic rings. The number of halogens is 1. The number of hydrogen-bond donors (Lipinski definition) is 1. The van der Waals surface area contributed by atoms with Gasteiger partial charge in [-0.15, -0.1) is 0 Å². The van der Waals surface area contributed by atoms with Crippen molar-refractivity contribution < 1.29 is 14.4 Å². The minimum atomic E-state index is -0.584. The molecule has 5 heterocycles. The summed E-state index contributed by atoms with van der Waals surface area (Å²) in [5.41, 5.74) is 3.65. The Kier molecular flexibility index (Phi) is 6.44. The van der Waals surface area contributed by atoms with Gasteiger partial charge in [-0.25, -0.2) is 15.0 Å². The quantitative estimate of drug-likeness (QED) is 0.261. The molecule has 12 heteroatoms. The maximum absolute atomic E-state index is 13.7. The molecule has 2 fully saturated rings. The number of carbonyl (C=O) groups excluding carboxylic acids is 3. The molecular weight excluding hydrogens is 576 g/mol. The number of nitrogens with zero attached hydrogens (tertiary/aromatic N) is 7. The van der Waals surface area contributed by atoms with Gasteiger partial charge in [0.2, 0.25) is 11.8 Å². The summed E-state index contributed by atoms with van der Waals surface area (Å²) < 4.78 is 2.15. The number of Topliss-reactive ketones (excluding diaryl/α,β-unsaturated/α-hetero) is 1. The fourth-order valence-corrected chi connectivity index (χ4v) is 5.85. The topological polar surface area (TPSA) is 136 Å². The molecule has 1 aliphatic heterocycles. The largest absolute Gasteiger partial charge is 0.328 e. The van der Waals surface area contributed by atoms with Gasteiger partial charge < -0.3 is 10.2 Å². The van der Waals surface area contributed by atoms with Crippen molar-refractivity contribution in [2.45, 2.75) is 46.7 Å². The molecule has 0 aromatic carbocycles. The molecule has 1 aliphatic carbocycles. The van der Waals surface area contributed by atoms with Gasteiger partial charge in [-0.2, -0.15) is 5.10 Å². The number of ketones is 1. The molecule has 204 valence electrons. The fraction of sp³-hybridized carbons (Fsp3) is 0.357. The lowest BCUT2D eigenvalue weighted by Crippen LogP contribution is -2.47. The third-order valence-corrected chi connectivity index (χ3v) is 8.08. The van der Waals surface area contributed by atoms with Gasteiger partial charge in [-0.05, 0) is 72.7 Å². The van der Waals surface area contributed by atoms with Crippen molar-refractivity contribution in [2.24, 2.45) is 11.8 Å². The van der Waals surface area contributed by atoms with Crippen LogP contribution < -0.4 is 5.32 Å². The minimum absolute atomic E-state index is 0.114. The summed E-state index contributed by atoms with van der Waals surface area (Å²) in [4.78, 5) is 58.8. The first-order valence-corrected chi connectivity index (χ1v) is 13.8. The molecule has 1 N–H and O–H groups in total. The Morgan fingerprint density at radius 1 is 1.10 bits per heavy atom. The first kappa shape index (κ1) is 26.2.